The monoisotopic (exact) mass is 420 g/mol. The van der Waals surface area contributed by atoms with E-state index < -0.39 is 0 Å². The maximum atomic E-state index is 12.9. The molecule has 2 fully saturated rings. The number of likely N-dealkylation sites (tertiary alicyclic amines) is 1. The van der Waals surface area contributed by atoms with Crippen molar-refractivity contribution in [2.75, 3.05) is 49.1 Å². The van der Waals surface area contributed by atoms with Crippen molar-refractivity contribution in [3.05, 3.63) is 65.3 Å². The SMILES string of the molecule is O=C(c1ccc2ccnc(N3CCN(c4ccc(Cl)cc4)CC3)c2c1)N1CCCC1. The Morgan fingerprint density at radius 3 is 2.27 bits per heavy atom. The van der Waals surface area contributed by atoms with E-state index in [1.54, 1.807) is 0 Å². The van der Waals surface area contributed by atoms with E-state index in [1.807, 2.05) is 47.5 Å². The Labute approximate surface area is 181 Å². The first-order valence-electron chi connectivity index (χ1n) is 10.6. The molecule has 0 spiro atoms. The lowest BCUT2D eigenvalue weighted by Crippen LogP contribution is -2.46. The molecule has 0 radical (unpaired) electrons. The summed E-state index contributed by atoms with van der Waals surface area (Å²) in [6, 6.07) is 16.1. The second kappa shape index (κ2) is 8.15. The van der Waals surface area contributed by atoms with E-state index in [1.165, 1.54) is 5.69 Å². The van der Waals surface area contributed by atoms with Gasteiger partial charge in [0.1, 0.15) is 5.82 Å². The highest BCUT2D eigenvalue weighted by Gasteiger charge is 2.22. The van der Waals surface area contributed by atoms with Crippen molar-refractivity contribution >= 4 is 39.8 Å². The van der Waals surface area contributed by atoms with Gasteiger partial charge in [-0.1, -0.05) is 17.7 Å². The molecule has 2 aliphatic rings. The summed E-state index contributed by atoms with van der Waals surface area (Å²) in [5.41, 5.74) is 1.96. The summed E-state index contributed by atoms with van der Waals surface area (Å²) < 4.78 is 0. The summed E-state index contributed by atoms with van der Waals surface area (Å²) in [7, 11) is 0. The van der Waals surface area contributed by atoms with E-state index in [9.17, 15) is 4.79 Å². The molecule has 2 saturated heterocycles. The summed E-state index contributed by atoms with van der Waals surface area (Å²) in [6.07, 6.45) is 4.07. The number of amides is 1. The number of carbonyl (C=O) groups is 1. The van der Waals surface area contributed by atoms with Crippen LogP contribution in [0, 0.1) is 0 Å². The zero-order chi connectivity index (χ0) is 20.5. The topological polar surface area (TPSA) is 39.7 Å². The van der Waals surface area contributed by atoms with Gasteiger partial charge in [0.05, 0.1) is 0 Å². The minimum Gasteiger partial charge on any atom is -0.368 e. The fourth-order valence-corrected chi connectivity index (χ4v) is 4.60. The molecule has 0 unspecified atom stereocenters. The number of aromatic nitrogens is 1. The number of rotatable bonds is 3. The van der Waals surface area contributed by atoms with Gasteiger partial charge in [0, 0.05) is 67.1 Å². The van der Waals surface area contributed by atoms with E-state index in [-0.39, 0.29) is 5.91 Å². The van der Waals surface area contributed by atoms with E-state index >= 15 is 0 Å². The number of fused-ring (bicyclic) bond motifs is 1. The molecule has 2 aliphatic heterocycles. The van der Waals surface area contributed by atoms with Gasteiger partial charge in [-0.3, -0.25) is 4.79 Å². The zero-order valence-electron chi connectivity index (χ0n) is 16.9. The summed E-state index contributed by atoms with van der Waals surface area (Å²) in [6.45, 7) is 5.35. The summed E-state index contributed by atoms with van der Waals surface area (Å²) in [5.74, 6) is 1.11. The van der Waals surface area contributed by atoms with Crippen LogP contribution in [-0.4, -0.2) is 55.1 Å². The van der Waals surface area contributed by atoms with Crippen molar-refractivity contribution < 1.29 is 4.79 Å². The average Bonchev–Trinajstić information content (AvgIpc) is 3.33. The molecule has 5 nitrogen and oxygen atoms in total. The standard InChI is InChI=1S/C24H25ClN4O/c25-20-5-7-21(8-6-20)27-13-15-28(16-14-27)23-22-17-19(4-3-18(22)9-10-26-23)24(30)29-11-1-2-12-29/h3-10,17H,1-2,11-16H2. The number of pyridine rings is 1. The Morgan fingerprint density at radius 1 is 0.833 bits per heavy atom. The molecule has 1 amide bonds. The molecule has 3 heterocycles. The second-order valence-electron chi connectivity index (χ2n) is 8.02. The third-order valence-corrected chi connectivity index (χ3v) is 6.41. The molecule has 5 rings (SSSR count). The summed E-state index contributed by atoms with van der Waals surface area (Å²) in [4.78, 5) is 24.2. The quantitative estimate of drug-likeness (QED) is 0.627. The van der Waals surface area contributed by atoms with Gasteiger partial charge in [-0.2, -0.15) is 0 Å². The Bertz CT molecular complexity index is 1050. The smallest absolute Gasteiger partial charge is 0.253 e. The van der Waals surface area contributed by atoms with Gasteiger partial charge in [0.25, 0.3) is 5.91 Å². The van der Waals surface area contributed by atoms with Crippen LogP contribution in [0.2, 0.25) is 5.02 Å². The lowest BCUT2D eigenvalue weighted by molar-refractivity contribution is 0.0793. The fraction of sp³-hybridized carbons (Fsp3) is 0.333. The largest absolute Gasteiger partial charge is 0.368 e. The number of hydrogen-bond donors (Lipinski definition) is 0. The second-order valence-corrected chi connectivity index (χ2v) is 8.46. The molecule has 1 aromatic heterocycles. The van der Waals surface area contributed by atoms with Gasteiger partial charge in [-0.25, -0.2) is 4.98 Å². The van der Waals surface area contributed by atoms with Gasteiger partial charge in [0.15, 0.2) is 0 Å². The van der Waals surface area contributed by atoms with Crippen LogP contribution in [0.15, 0.2) is 54.7 Å². The number of piperazine rings is 1. The summed E-state index contributed by atoms with van der Waals surface area (Å²) in [5, 5.41) is 2.94. The van der Waals surface area contributed by atoms with Crippen LogP contribution in [0.25, 0.3) is 10.8 Å². The normalized spacial score (nSPS) is 17.0. The number of hydrogen-bond acceptors (Lipinski definition) is 4. The van der Waals surface area contributed by atoms with Crippen molar-refractivity contribution in [3.63, 3.8) is 0 Å². The highest BCUT2D eigenvalue weighted by Crippen LogP contribution is 2.28. The number of anilines is 2. The molecule has 0 atom stereocenters. The highest BCUT2D eigenvalue weighted by atomic mass is 35.5. The first-order chi connectivity index (χ1) is 14.7. The summed E-state index contributed by atoms with van der Waals surface area (Å²) >= 11 is 6.02. The predicted octanol–water partition coefficient (Wildman–Crippen LogP) is 4.45. The van der Waals surface area contributed by atoms with Gasteiger partial charge >= 0.3 is 0 Å². The van der Waals surface area contributed by atoms with Crippen LogP contribution in [0.1, 0.15) is 23.2 Å². The third kappa shape index (κ3) is 3.70. The van der Waals surface area contributed by atoms with Crippen LogP contribution in [-0.2, 0) is 0 Å². The van der Waals surface area contributed by atoms with Crippen LogP contribution >= 0.6 is 11.6 Å². The van der Waals surface area contributed by atoms with Crippen molar-refractivity contribution in [1.82, 2.24) is 9.88 Å². The Morgan fingerprint density at radius 2 is 1.53 bits per heavy atom. The van der Waals surface area contributed by atoms with Gasteiger partial charge in [-0.15, -0.1) is 0 Å². The molecule has 0 bridgehead atoms. The molecule has 0 N–H and O–H groups in total. The minimum atomic E-state index is 0.136. The van der Waals surface area contributed by atoms with Gasteiger partial charge in [-0.05, 0) is 60.7 Å². The van der Waals surface area contributed by atoms with E-state index in [4.69, 9.17) is 16.6 Å². The van der Waals surface area contributed by atoms with Crippen molar-refractivity contribution in [2.45, 2.75) is 12.8 Å². The first-order valence-corrected chi connectivity index (χ1v) is 11.0. The molecule has 0 saturated carbocycles. The molecule has 3 aromatic rings. The van der Waals surface area contributed by atoms with E-state index in [0.717, 1.165) is 79.3 Å². The van der Waals surface area contributed by atoms with Crippen LogP contribution in [0.3, 0.4) is 0 Å². The lowest BCUT2D eigenvalue weighted by atomic mass is 10.1. The maximum absolute atomic E-state index is 12.9. The average molecular weight is 421 g/mol. The first kappa shape index (κ1) is 19.2. The van der Waals surface area contributed by atoms with Crippen molar-refractivity contribution in [1.29, 1.82) is 0 Å². The van der Waals surface area contributed by atoms with Crippen LogP contribution in [0.5, 0.6) is 0 Å². The van der Waals surface area contributed by atoms with Gasteiger partial charge < -0.3 is 14.7 Å². The Balaban J connectivity index is 1.38. The minimum absolute atomic E-state index is 0.136. The zero-order valence-corrected chi connectivity index (χ0v) is 17.7. The molecular formula is C24H25ClN4O. The fourth-order valence-electron chi connectivity index (χ4n) is 4.47. The Kier molecular flexibility index (Phi) is 5.21. The maximum Gasteiger partial charge on any atom is 0.253 e. The van der Waals surface area contributed by atoms with Crippen molar-refractivity contribution in [2.24, 2.45) is 0 Å². The van der Waals surface area contributed by atoms with Crippen LogP contribution < -0.4 is 9.80 Å². The molecule has 154 valence electrons. The molecule has 6 heteroatoms. The van der Waals surface area contributed by atoms with Crippen molar-refractivity contribution in [3.8, 4) is 0 Å². The van der Waals surface area contributed by atoms with E-state index in [0.29, 0.717) is 0 Å². The molecule has 30 heavy (non-hydrogen) atoms. The number of halogens is 1. The number of benzene rings is 2. The Hall–Kier alpha value is -2.79. The highest BCUT2D eigenvalue weighted by molar-refractivity contribution is 6.30. The molecule has 0 aliphatic carbocycles. The van der Waals surface area contributed by atoms with E-state index in [2.05, 4.69) is 21.9 Å². The number of nitrogens with zero attached hydrogens (tertiary/aromatic N) is 4. The van der Waals surface area contributed by atoms with Gasteiger partial charge in [0.2, 0.25) is 0 Å². The predicted molar refractivity (Wildman–Crippen MR) is 123 cm³/mol. The van der Waals surface area contributed by atoms with Crippen LogP contribution in [0.4, 0.5) is 11.5 Å². The number of carbonyl (C=O) groups excluding carboxylic acids is 1. The third-order valence-electron chi connectivity index (χ3n) is 6.16. The molecule has 2 aromatic carbocycles. The molecular weight excluding hydrogens is 396 g/mol. The lowest BCUT2D eigenvalue weighted by Gasteiger charge is -2.37.